The number of phenols is 1. The summed E-state index contributed by atoms with van der Waals surface area (Å²) in [5.74, 6) is -2.43. The molecule has 55 heteroatoms. The van der Waals surface area contributed by atoms with Gasteiger partial charge < -0.3 is 103 Å². The van der Waals surface area contributed by atoms with Crippen LogP contribution >= 0.6 is 125 Å². The number of halogens is 15. The van der Waals surface area contributed by atoms with Gasteiger partial charge in [-0.2, -0.15) is 5.10 Å². The standard InChI is InChI=1S/C26H31BrClFN4O6.C20H29ClFNO6.C19H25ClFNO6.C12H22ClNO4.C7H4ClFO2.C6H3BrClN3.CH2Cl2.CH2O3.CH3.BrH.2Cs.Mg.H/c1-15(37-20-11-10-19-30-14-18(27)33(19)31-20)21-17(9-8-16(29)22(21)28)36-13-12-32(23(34)38-25(2,3)4)24(35)39-26(5,6)7;1-12(24)15-14(9-8-13(22)16(15)21)27-11-10-23(17(25)28-19(2,3)4)18(26)29-20(5,6)7;1-18(2,3)27-16(24)22(17(25)28-19(4,5)6)9-10-26-14-8-7-13(21)15(20)12(14)11-23;1-11(2,3)17-9(15)14(8-7-13)10(16)18-12(4,5)6;8-7-4(3-10)6(11)2-1-5(7)9;7-4-3-9-6-2-1-5(8)10-11(4)6;2-1-3;2-1-4-3;;;;;;/h8-11,14-15H,12-13H2,1-7H3;8-9,12,24H,10-11H2,1-7H3;7-8,11H,9-10H2,1-6H3;7-8H2,1-6H3;1-3,11H;1-3H;1H2;1,3H;1H3;1H;;;;/q;;;;;;;;-1;;2*+1;+2;-1/p-2. The summed E-state index contributed by atoms with van der Waals surface area (Å²) in [5, 5.41) is 35.1. The number of amides is 8. The second-order valence-electron chi connectivity index (χ2n) is 36.8. The van der Waals surface area contributed by atoms with Crippen LogP contribution in [0.3, 0.4) is 0 Å². The van der Waals surface area contributed by atoms with Gasteiger partial charge in [0.1, 0.15) is 131 Å². The zero-order valence-corrected chi connectivity index (χ0v) is 112. The Morgan fingerprint density at radius 3 is 0.986 bits per heavy atom. The van der Waals surface area contributed by atoms with Crippen LogP contribution in [0.25, 0.3) is 11.3 Å². The summed E-state index contributed by atoms with van der Waals surface area (Å²) in [4.78, 5) is 143. The Morgan fingerprint density at radius 1 is 0.432 bits per heavy atom. The molecular formula is C93H121Br3Cl8Cs2F4MgN10O27. The maximum Gasteiger partial charge on any atom is 2.00 e. The summed E-state index contributed by atoms with van der Waals surface area (Å²) in [6.07, 6.45) is -4.78. The molecule has 4 aromatic heterocycles. The van der Waals surface area contributed by atoms with Crippen molar-refractivity contribution in [1.82, 2.24) is 48.8 Å². The van der Waals surface area contributed by atoms with Crippen LogP contribution in [0.5, 0.6) is 28.9 Å². The Kier molecular flexibility index (Phi) is 72.4. The van der Waals surface area contributed by atoms with Gasteiger partial charge in [0, 0.05) is 24.1 Å². The Balaban J connectivity index is -0.000000421. The molecule has 0 saturated carbocycles. The van der Waals surface area contributed by atoms with E-state index >= 15 is 0 Å². The number of aromatic hydroxyl groups is 1. The van der Waals surface area contributed by atoms with E-state index in [9.17, 15) is 70.6 Å². The fourth-order valence-electron chi connectivity index (χ4n) is 9.91. The van der Waals surface area contributed by atoms with Crippen molar-refractivity contribution in [2.75, 3.05) is 57.2 Å². The number of hydrogen-bond acceptors (Lipinski definition) is 31. The van der Waals surface area contributed by atoms with E-state index in [1.54, 1.807) is 214 Å². The molecule has 4 aromatic carbocycles. The number of carbonyl (C=O) groups excluding carboxylic acids is 11. The number of aliphatic hydroxyl groups excluding tert-OH is 1. The third-order valence-electron chi connectivity index (χ3n) is 15.3. The molecule has 814 valence electrons. The van der Waals surface area contributed by atoms with E-state index in [-0.39, 0.29) is 322 Å². The molecule has 8 rings (SSSR count). The molecule has 0 aliphatic heterocycles. The van der Waals surface area contributed by atoms with Gasteiger partial charge in [-0.1, -0.05) is 58.0 Å². The average Bonchev–Trinajstić information content (AvgIpc) is 1.81. The monoisotopic (exact) mass is 2690 g/mol. The first-order valence-corrected chi connectivity index (χ1v) is 47.5. The fraction of sp³-hybridized carbons (Fsp3) is 0.484. The maximum atomic E-state index is 14.4. The van der Waals surface area contributed by atoms with E-state index in [0.29, 0.717) is 28.0 Å². The van der Waals surface area contributed by atoms with Crippen molar-refractivity contribution in [2.24, 2.45) is 0 Å². The molecule has 37 nitrogen and oxygen atoms in total. The van der Waals surface area contributed by atoms with Crippen LogP contribution in [0.2, 0.25) is 25.2 Å². The molecule has 8 amide bonds. The second kappa shape index (κ2) is 70.7. The molecule has 0 aliphatic rings. The minimum absolute atomic E-state index is 0. The third kappa shape index (κ3) is 58.8. The average molecular weight is 2700 g/mol. The van der Waals surface area contributed by atoms with Crippen LogP contribution in [0, 0.1) is 30.7 Å². The summed E-state index contributed by atoms with van der Waals surface area (Å²) in [6.45, 7) is 42.2. The van der Waals surface area contributed by atoms with Gasteiger partial charge >= 0.3 is 210 Å². The molecule has 4 heterocycles. The predicted octanol–water partition coefficient (Wildman–Crippen LogP) is 15.5. The van der Waals surface area contributed by atoms with Crippen molar-refractivity contribution in [3.8, 4) is 28.9 Å². The molecule has 148 heavy (non-hydrogen) atoms. The Morgan fingerprint density at radius 2 is 0.696 bits per heavy atom. The van der Waals surface area contributed by atoms with Gasteiger partial charge in [0.2, 0.25) is 5.88 Å². The van der Waals surface area contributed by atoms with Crippen molar-refractivity contribution < 1.29 is 304 Å². The smallest absolute Gasteiger partial charge is 1.00 e. The van der Waals surface area contributed by atoms with Gasteiger partial charge in [0.15, 0.2) is 23.9 Å². The van der Waals surface area contributed by atoms with E-state index in [1.165, 1.54) is 29.6 Å². The molecule has 2 N–H and O–H groups in total. The van der Waals surface area contributed by atoms with Gasteiger partial charge in [-0.15, -0.1) is 39.9 Å². The minimum atomic E-state index is -1.08. The summed E-state index contributed by atoms with van der Waals surface area (Å²) < 4.78 is 123. The van der Waals surface area contributed by atoms with E-state index in [0.717, 1.165) is 60.2 Å². The number of benzene rings is 4. The Bertz CT molecular complexity index is 5500. The summed E-state index contributed by atoms with van der Waals surface area (Å²) in [7, 11) is 0. The quantitative estimate of drug-likeness (QED) is 0.00986. The molecule has 0 aliphatic carbocycles. The number of imide groups is 4. The van der Waals surface area contributed by atoms with Crippen LogP contribution < -0.4 is 179 Å². The molecule has 0 fully saturated rings. The second-order valence-corrected chi connectivity index (χ2v) is 41.5. The summed E-state index contributed by atoms with van der Waals surface area (Å²) >= 11 is 50.7. The van der Waals surface area contributed by atoms with Crippen LogP contribution in [0.15, 0.2) is 94.4 Å². The zero-order valence-electron chi connectivity index (χ0n) is 88.3. The molecular weight excluding hydrogens is 2580 g/mol. The molecule has 2 atom stereocenters. The SMILES string of the molecule is CC(C)(C)OC(=O)N(CCCl)C(=O)OC(C)(C)C.CC(C)(C)OC(=O)N(CCOc1ccc(F)c(Cl)c1C=O)C(=O)OC(C)(C)C.CC(O)c1c(OCCN(C(=O)OC(C)(C)C)C(=O)OC(C)(C)C)ccc(F)c1Cl.CC(Oc1ccc2ncc(Br)n2n1)c1c(OCCN(C(=O)OC(C)(C)C)C(=O)OC(C)(C)C)ccc(F)c1Cl.ClCCl.Clc1ccc2ncc(Br)n2n1.O=CO[O-].O=Cc1c(O)ccc(F)c1Cl.[Br-].[CH3-].[Cs+].[Cs+].[H-].[Mg+2]. The van der Waals surface area contributed by atoms with Crippen LogP contribution in [-0.2, 0) is 47.6 Å². The fourth-order valence-corrected chi connectivity index (χ4v) is 12.0. The number of phenolic OH excluding ortho intramolecular Hbond substituents is 1. The molecule has 0 radical (unpaired) electrons. The van der Waals surface area contributed by atoms with Crippen LogP contribution in [-0.4, -0.2) is 252 Å². The van der Waals surface area contributed by atoms with Gasteiger partial charge in [-0.25, -0.2) is 94.5 Å². The number of ether oxygens (including phenoxy) is 12. The number of carbonyl (C=O) groups is 11. The molecule has 0 bridgehead atoms. The van der Waals surface area contributed by atoms with Crippen molar-refractivity contribution in [3.05, 3.63) is 173 Å². The first-order chi connectivity index (χ1) is 65.6. The van der Waals surface area contributed by atoms with Gasteiger partial charge in [0.25, 0.3) is 6.47 Å². The van der Waals surface area contributed by atoms with Crippen LogP contribution in [0.4, 0.5) is 55.9 Å². The van der Waals surface area contributed by atoms with Crippen molar-refractivity contribution in [2.45, 2.75) is 237 Å². The number of aliphatic hydroxyl groups is 1. The maximum absolute atomic E-state index is 14.4. The topological polar surface area (TPSA) is 445 Å². The van der Waals surface area contributed by atoms with Crippen LogP contribution in [0.1, 0.15) is 225 Å². The third-order valence-corrected chi connectivity index (χ3v) is 18.3. The Labute approximate surface area is 1060 Å². The first-order valence-electron chi connectivity index (χ1n) is 42.4. The summed E-state index contributed by atoms with van der Waals surface area (Å²) in [6, 6.07) is 16.2. The number of aldehydes is 2. The number of rotatable bonds is 21. The van der Waals surface area contributed by atoms with Crippen molar-refractivity contribution >= 4 is 227 Å². The number of aromatic nitrogens is 6. The Hall–Kier alpha value is -4.84. The normalized spacial score (nSPS) is 11.3. The van der Waals surface area contributed by atoms with E-state index in [2.05, 4.69) is 56.9 Å². The van der Waals surface area contributed by atoms with E-state index < -0.39 is 129 Å². The van der Waals surface area contributed by atoms with Gasteiger partial charge in [-0.05, 0) is 279 Å². The number of alkyl halides is 3. The van der Waals surface area contributed by atoms with Gasteiger partial charge in [0.05, 0.1) is 80.3 Å². The largest absolute Gasteiger partial charge is 2.00 e. The molecule has 2 unspecified atom stereocenters. The van der Waals surface area contributed by atoms with Crippen molar-refractivity contribution in [3.63, 3.8) is 0 Å². The minimum Gasteiger partial charge on any atom is -1.00 e. The summed E-state index contributed by atoms with van der Waals surface area (Å²) in [5.41, 5.74) is -5.02. The molecule has 8 aromatic rings. The van der Waals surface area contributed by atoms with E-state index in [1.807, 2.05) is 0 Å². The van der Waals surface area contributed by atoms with Gasteiger partial charge in [-0.3, -0.25) is 14.4 Å². The van der Waals surface area contributed by atoms with E-state index in [4.69, 9.17) is 165 Å². The number of hydrogen-bond donors (Lipinski definition) is 2. The predicted molar refractivity (Wildman–Crippen MR) is 545 cm³/mol. The first kappa shape index (κ1) is 152. The molecule has 0 saturated heterocycles. The zero-order chi connectivity index (χ0) is 110. The number of imidazole rings is 2. The van der Waals surface area contributed by atoms with Crippen molar-refractivity contribution in [1.29, 1.82) is 0 Å². The number of nitrogens with zero attached hydrogens (tertiary/aromatic N) is 10. The molecule has 0 spiro atoms. The number of fused-ring (bicyclic) bond motifs is 2.